The van der Waals surface area contributed by atoms with Crippen LogP contribution in [-0.2, 0) is 5.41 Å². The normalized spacial score (nSPS) is 13.5. The molecule has 2 nitrogen and oxygen atoms in total. The van der Waals surface area contributed by atoms with Crippen molar-refractivity contribution in [3.63, 3.8) is 0 Å². The first-order chi connectivity index (χ1) is 31.2. The molecule has 0 bridgehead atoms. The molecule has 0 saturated heterocycles. The fraction of sp³-hybridized carbons (Fsp3) is 0.0164. The lowest BCUT2D eigenvalue weighted by molar-refractivity contribution is 0.793. The molecule has 0 fully saturated rings. The molecule has 0 aromatic heterocycles. The Bertz CT molecular complexity index is 3440. The van der Waals surface area contributed by atoms with E-state index < -0.39 is 5.41 Å². The van der Waals surface area contributed by atoms with Crippen LogP contribution in [0.25, 0.3) is 66.6 Å². The molecule has 13 rings (SSSR count). The topological polar surface area (TPSA) is 29.3 Å². The third-order valence-corrected chi connectivity index (χ3v) is 13.8. The zero-order chi connectivity index (χ0) is 41.6. The van der Waals surface area contributed by atoms with Crippen molar-refractivity contribution in [2.24, 2.45) is 5.73 Å². The van der Waals surface area contributed by atoms with Crippen LogP contribution >= 0.6 is 0 Å². The maximum Gasteiger partial charge on any atom is 0.0726 e. The summed E-state index contributed by atoms with van der Waals surface area (Å²) in [5.41, 5.74) is 30.4. The highest BCUT2D eigenvalue weighted by molar-refractivity contribution is 6.16. The lowest BCUT2D eigenvalue weighted by Gasteiger charge is -2.32. The van der Waals surface area contributed by atoms with E-state index in [2.05, 4.69) is 235 Å². The summed E-state index contributed by atoms with van der Waals surface area (Å²) in [6.07, 6.45) is 0. The molecule has 294 valence electrons. The molecular weight excluding hydrogens is 761 g/mol. The first-order valence-corrected chi connectivity index (χ1v) is 21.8. The molecule has 10 aromatic carbocycles. The zero-order valence-corrected chi connectivity index (χ0v) is 34.5. The smallest absolute Gasteiger partial charge is 0.0726 e. The van der Waals surface area contributed by atoms with E-state index in [9.17, 15) is 0 Å². The number of fused-ring (bicyclic) bond motifs is 10. The van der Waals surface area contributed by atoms with Crippen molar-refractivity contribution in [2.75, 3.05) is 4.90 Å². The Morgan fingerprint density at radius 1 is 0.302 bits per heavy atom. The van der Waals surface area contributed by atoms with Crippen molar-refractivity contribution < 1.29 is 0 Å². The minimum absolute atomic E-state index is 0.433. The zero-order valence-electron chi connectivity index (χ0n) is 34.5. The van der Waals surface area contributed by atoms with Crippen LogP contribution in [0.5, 0.6) is 0 Å². The average Bonchev–Trinajstić information content (AvgIpc) is 3.94. The van der Waals surface area contributed by atoms with Crippen molar-refractivity contribution in [3.8, 4) is 44.5 Å². The van der Waals surface area contributed by atoms with E-state index in [1.807, 2.05) is 0 Å². The largest absolute Gasteiger partial charge is 0.398 e. The SMILES string of the molecule is NC1=C(c2ccc(-c3ccc(N(c4cccc(-c5ccccc5)c4)c4ccc5c(c4)C4(c6ccccc6-c6ccccc64)c4ccccc4-5)cc3)cc2)c2cccc3cccc1c23. The molecular formula is C61H40N2. The molecule has 0 radical (unpaired) electrons. The first-order valence-electron chi connectivity index (χ1n) is 21.8. The van der Waals surface area contributed by atoms with Gasteiger partial charge in [-0.3, -0.25) is 0 Å². The number of anilines is 3. The van der Waals surface area contributed by atoms with Gasteiger partial charge in [0, 0.05) is 33.9 Å². The van der Waals surface area contributed by atoms with E-state index in [1.165, 1.54) is 72.0 Å². The molecule has 0 heterocycles. The molecule has 1 spiro atoms. The molecule has 10 aromatic rings. The second-order valence-corrected chi connectivity index (χ2v) is 17.0. The summed E-state index contributed by atoms with van der Waals surface area (Å²) in [6.45, 7) is 0. The summed E-state index contributed by atoms with van der Waals surface area (Å²) >= 11 is 0. The second-order valence-electron chi connectivity index (χ2n) is 17.0. The Hall–Kier alpha value is -8.20. The number of hydrogen-bond acceptors (Lipinski definition) is 2. The fourth-order valence-electron chi connectivity index (χ4n) is 11.1. The molecule has 2 N–H and O–H groups in total. The highest BCUT2D eigenvalue weighted by atomic mass is 15.1. The van der Waals surface area contributed by atoms with Gasteiger partial charge in [0.1, 0.15) is 0 Å². The van der Waals surface area contributed by atoms with Gasteiger partial charge in [-0.1, -0.05) is 194 Å². The van der Waals surface area contributed by atoms with E-state index in [0.717, 1.165) is 50.6 Å². The van der Waals surface area contributed by atoms with Crippen LogP contribution in [0, 0.1) is 0 Å². The summed E-state index contributed by atoms with van der Waals surface area (Å²) in [4.78, 5) is 2.43. The summed E-state index contributed by atoms with van der Waals surface area (Å²) < 4.78 is 0. The monoisotopic (exact) mass is 800 g/mol. The van der Waals surface area contributed by atoms with Gasteiger partial charge in [0.2, 0.25) is 0 Å². The third-order valence-electron chi connectivity index (χ3n) is 13.8. The number of benzene rings is 10. The predicted octanol–water partition coefficient (Wildman–Crippen LogP) is 15.2. The number of rotatable bonds is 6. The van der Waals surface area contributed by atoms with Gasteiger partial charge >= 0.3 is 0 Å². The molecule has 63 heavy (non-hydrogen) atoms. The Labute approximate surface area is 367 Å². The summed E-state index contributed by atoms with van der Waals surface area (Å²) in [7, 11) is 0. The molecule has 0 unspecified atom stereocenters. The van der Waals surface area contributed by atoms with E-state index in [1.54, 1.807) is 0 Å². The Morgan fingerprint density at radius 2 is 0.762 bits per heavy atom. The Kier molecular flexibility index (Phi) is 7.71. The van der Waals surface area contributed by atoms with Gasteiger partial charge in [-0.15, -0.1) is 0 Å². The quantitative estimate of drug-likeness (QED) is 0.181. The van der Waals surface area contributed by atoms with Gasteiger partial charge in [0.25, 0.3) is 0 Å². The lowest BCUT2D eigenvalue weighted by atomic mass is 9.70. The van der Waals surface area contributed by atoms with Gasteiger partial charge in [-0.25, -0.2) is 0 Å². The molecule has 0 atom stereocenters. The minimum atomic E-state index is -0.433. The van der Waals surface area contributed by atoms with Crippen LogP contribution in [0.15, 0.2) is 231 Å². The van der Waals surface area contributed by atoms with Gasteiger partial charge in [-0.2, -0.15) is 0 Å². The molecule has 0 saturated carbocycles. The maximum atomic E-state index is 6.85. The summed E-state index contributed by atoms with van der Waals surface area (Å²) in [5.74, 6) is 0. The Morgan fingerprint density at radius 3 is 1.41 bits per heavy atom. The highest BCUT2D eigenvalue weighted by Gasteiger charge is 2.51. The minimum Gasteiger partial charge on any atom is -0.398 e. The van der Waals surface area contributed by atoms with Crippen molar-refractivity contribution in [1.82, 2.24) is 0 Å². The van der Waals surface area contributed by atoms with Crippen LogP contribution < -0.4 is 10.6 Å². The average molecular weight is 801 g/mol. The van der Waals surface area contributed by atoms with Gasteiger partial charge in [0.15, 0.2) is 0 Å². The van der Waals surface area contributed by atoms with Crippen LogP contribution in [-0.4, -0.2) is 0 Å². The van der Waals surface area contributed by atoms with E-state index in [-0.39, 0.29) is 0 Å². The second kappa shape index (κ2) is 13.7. The molecule has 3 aliphatic rings. The number of nitrogens with two attached hydrogens (primary N) is 1. The van der Waals surface area contributed by atoms with Crippen molar-refractivity contribution in [2.45, 2.75) is 5.41 Å². The van der Waals surface area contributed by atoms with Crippen molar-refractivity contribution >= 4 is 39.1 Å². The van der Waals surface area contributed by atoms with Crippen LogP contribution in [0.2, 0.25) is 0 Å². The Balaban J connectivity index is 0.938. The van der Waals surface area contributed by atoms with E-state index >= 15 is 0 Å². The van der Waals surface area contributed by atoms with Crippen molar-refractivity contribution in [3.05, 3.63) is 269 Å². The molecule has 0 amide bonds. The molecule has 2 heteroatoms. The third kappa shape index (κ3) is 5.13. The van der Waals surface area contributed by atoms with Crippen molar-refractivity contribution in [1.29, 1.82) is 0 Å². The molecule has 3 aliphatic carbocycles. The summed E-state index contributed by atoms with van der Waals surface area (Å²) in [5, 5.41) is 2.46. The van der Waals surface area contributed by atoms with Gasteiger partial charge < -0.3 is 10.6 Å². The molecule has 0 aliphatic heterocycles. The first kappa shape index (κ1) is 35.5. The van der Waals surface area contributed by atoms with Gasteiger partial charge in [0.05, 0.1) is 5.41 Å². The number of hydrogen-bond donors (Lipinski definition) is 1. The van der Waals surface area contributed by atoms with Crippen LogP contribution in [0.3, 0.4) is 0 Å². The predicted molar refractivity (Wildman–Crippen MR) is 262 cm³/mol. The standard InChI is InChI=1S/C61H40N2/c62-60-53-23-12-16-42-15-11-22-52(58(42)53)59(60)43-29-27-40(28-30-43)41-31-33-45(34-32-41)63(46-18-10-17-44(37-46)39-13-2-1-3-14-39)47-35-36-51-50-21-6-9-26-56(50)61(57(51)38-47)54-24-7-4-19-48(54)49-20-5-8-25-55(49)61/h1-38H,62H2. The van der Waals surface area contributed by atoms with Gasteiger partial charge in [-0.05, 0) is 125 Å². The van der Waals surface area contributed by atoms with E-state index in [4.69, 9.17) is 5.73 Å². The highest BCUT2D eigenvalue weighted by Crippen LogP contribution is 2.63. The van der Waals surface area contributed by atoms with Crippen LogP contribution in [0.1, 0.15) is 38.9 Å². The maximum absolute atomic E-state index is 6.85. The van der Waals surface area contributed by atoms with E-state index in [0.29, 0.717) is 0 Å². The fourth-order valence-corrected chi connectivity index (χ4v) is 11.1. The number of nitrogens with zero attached hydrogens (tertiary/aromatic N) is 1. The lowest BCUT2D eigenvalue weighted by Crippen LogP contribution is -2.26. The van der Waals surface area contributed by atoms with Crippen LogP contribution in [0.4, 0.5) is 17.1 Å². The summed E-state index contributed by atoms with van der Waals surface area (Å²) in [6, 6.07) is 84.7.